The number of hydrogen-bond donors (Lipinski definition) is 2. The zero-order valence-electron chi connectivity index (χ0n) is 10.7. The van der Waals surface area contributed by atoms with Crippen molar-refractivity contribution < 1.29 is 9.90 Å². The van der Waals surface area contributed by atoms with Gasteiger partial charge < -0.3 is 10.1 Å². The Labute approximate surface area is 123 Å². The molecule has 0 spiro atoms. The van der Waals surface area contributed by atoms with Crippen molar-refractivity contribution in [2.75, 3.05) is 5.75 Å². The van der Waals surface area contributed by atoms with Crippen molar-refractivity contribution in [2.24, 2.45) is 5.41 Å². The SMILES string of the molecule is O=C(O)CC1(CSCc2nc3ccsc3c(=O)[nH]2)CC1. The Hall–Kier alpha value is -1.34. The summed E-state index contributed by atoms with van der Waals surface area (Å²) in [4.78, 5) is 29.8. The van der Waals surface area contributed by atoms with Gasteiger partial charge in [0, 0.05) is 0 Å². The van der Waals surface area contributed by atoms with Crippen molar-refractivity contribution >= 4 is 39.3 Å². The zero-order valence-corrected chi connectivity index (χ0v) is 12.4. The fraction of sp³-hybridized carbons (Fsp3) is 0.462. The molecule has 2 aromatic heterocycles. The molecule has 5 nitrogen and oxygen atoms in total. The van der Waals surface area contributed by atoms with Gasteiger partial charge in [0.15, 0.2) is 0 Å². The number of aromatic amines is 1. The van der Waals surface area contributed by atoms with Crippen LogP contribution in [0.4, 0.5) is 0 Å². The molecule has 3 rings (SSSR count). The number of carboxylic acid groups (broad SMARTS) is 1. The van der Waals surface area contributed by atoms with E-state index in [1.807, 2.05) is 11.4 Å². The molecular weight excluding hydrogens is 296 g/mol. The van der Waals surface area contributed by atoms with Crippen LogP contribution in [0.15, 0.2) is 16.2 Å². The lowest BCUT2D eigenvalue weighted by Gasteiger charge is -2.11. The van der Waals surface area contributed by atoms with Crippen LogP contribution in [0, 0.1) is 5.41 Å². The Morgan fingerprint density at radius 1 is 1.55 bits per heavy atom. The third kappa shape index (κ3) is 2.88. The number of nitrogens with one attached hydrogen (secondary N) is 1. The van der Waals surface area contributed by atoms with Gasteiger partial charge >= 0.3 is 5.97 Å². The molecule has 1 fully saturated rings. The highest BCUT2D eigenvalue weighted by Crippen LogP contribution is 2.51. The second-order valence-electron chi connectivity index (χ2n) is 5.21. The van der Waals surface area contributed by atoms with E-state index in [4.69, 9.17) is 5.11 Å². The molecule has 0 bridgehead atoms. The number of hydrogen-bond acceptors (Lipinski definition) is 5. The van der Waals surface area contributed by atoms with Crippen LogP contribution in [0.1, 0.15) is 25.1 Å². The summed E-state index contributed by atoms with van der Waals surface area (Å²) in [5.74, 6) is 1.36. The van der Waals surface area contributed by atoms with Gasteiger partial charge in [-0.2, -0.15) is 11.8 Å². The first-order chi connectivity index (χ1) is 9.58. The molecule has 106 valence electrons. The molecule has 2 N–H and O–H groups in total. The summed E-state index contributed by atoms with van der Waals surface area (Å²) >= 11 is 3.03. The molecule has 0 atom stereocenters. The van der Waals surface area contributed by atoms with Gasteiger partial charge in [-0.25, -0.2) is 4.98 Å². The number of thioether (sulfide) groups is 1. The van der Waals surface area contributed by atoms with E-state index in [0.717, 1.165) is 24.1 Å². The zero-order chi connectivity index (χ0) is 14.2. The van der Waals surface area contributed by atoms with Crippen LogP contribution in [0.5, 0.6) is 0 Å². The van der Waals surface area contributed by atoms with Crippen LogP contribution in [0.3, 0.4) is 0 Å². The number of carboxylic acids is 1. The Morgan fingerprint density at radius 3 is 3.05 bits per heavy atom. The number of carbonyl (C=O) groups is 1. The van der Waals surface area contributed by atoms with E-state index < -0.39 is 5.97 Å². The molecule has 0 amide bonds. The lowest BCUT2D eigenvalue weighted by molar-refractivity contribution is -0.138. The van der Waals surface area contributed by atoms with Crippen LogP contribution in [0.2, 0.25) is 0 Å². The molecule has 0 aromatic carbocycles. The lowest BCUT2D eigenvalue weighted by Crippen LogP contribution is -2.12. The van der Waals surface area contributed by atoms with Crippen LogP contribution in [0.25, 0.3) is 10.2 Å². The fourth-order valence-corrected chi connectivity index (χ4v) is 4.21. The highest BCUT2D eigenvalue weighted by atomic mass is 32.2. The first kappa shape index (κ1) is 13.6. The summed E-state index contributed by atoms with van der Waals surface area (Å²) in [5.41, 5.74) is 0.622. The summed E-state index contributed by atoms with van der Waals surface area (Å²) in [5, 5.41) is 10.7. The van der Waals surface area contributed by atoms with Gasteiger partial charge in [0.25, 0.3) is 5.56 Å². The monoisotopic (exact) mass is 310 g/mol. The smallest absolute Gasteiger partial charge is 0.303 e. The minimum absolute atomic E-state index is 0.0245. The van der Waals surface area contributed by atoms with Crippen LogP contribution in [-0.2, 0) is 10.5 Å². The second kappa shape index (κ2) is 5.21. The normalized spacial score (nSPS) is 16.4. The van der Waals surface area contributed by atoms with Crippen LogP contribution in [-0.4, -0.2) is 26.8 Å². The van der Waals surface area contributed by atoms with Crippen molar-refractivity contribution in [3.05, 3.63) is 27.6 Å². The fourth-order valence-electron chi connectivity index (χ4n) is 2.22. The molecular formula is C13H14N2O3S2. The van der Waals surface area contributed by atoms with E-state index >= 15 is 0 Å². The van der Waals surface area contributed by atoms with Gasteiger partial charge in [-0.3, -0.25) is 9.59 Å². The quantitative estimate of drug-likeness (QED) is 0.856. The maximum atomic E-state index is 11.8. The molecule has 1 aliphatic carbocycles. The average Bonchev–Trinajstić information content (AvgIpc) is 2.95. The predicted molar refractivity (Wildman–Crippen MR) is 80.3 cm³/mol. The molecule has 1 saturated carbocycles. The Bertz CT molecular complexity index is 703. The highest BCUT2D eigenvalue weighted by molar-refractivity contribution is 7.98. The maximum Gasteiger partial charge on any atom is 0.303 e. The second-order valence-corrected chi connectivity index (χ2v) is 7.11. The minimum atomic E-state index is -0.727. The van der Waals surface area contributed by atoms with Crippen molar-refractivity contribution in [3.63, 3.8) is 0 Å². The van der Waals surface area contributed by atoms with E-state index in [1.54, 1.807) is 11.8 Å². The molecule has 0 unspecified atom stereocenters. The number of fused-ring (bicyclic) bond motifs is 1. The van der Waals surface area contributed by atoms with Crippen LogP contribution < -0.4 is 5.56 Å². The summed E-state index contributed by atoms with van der Waals surface area (Å²) in [6, 6.07) is 1.84. The van der Waals surface area contributed by atoms with Gasteiger partial charge in [0.2, 0.25) is 0 Å². The number of nitrogens with zero attached hydrogens (tertiary/aromatic N) is 1. The van der Waals surface area contributed by atoms with Crippen LogP contribution >= 0.6 is 23.1 Å². The van der Waals surface area contributed by atoms with Gasteiger partial charge in [-0.05, 0) is 35.5 Å². The molecule has 2 aromatic rings. The van der Waals surface area contributed by atoms with Gasteiger partial charge in [0.1, 0.15) is 10.5 Å². The highest BCUT2D eigenvalue weighted by Gasteiger charge is 2.44. The van der Waals surface area contributed by atoms with E-state index in [1.165, 1.54) is 11.3 Å². The summed E-state index contributed by atoms with van der Waals surface area (Å²) in [6.45, 7) is 0. The van der Waals surface area contributed by atoms with Crippen molar-refractivity contribution in [3.8, 4) is 0 Å². The largest absolute Gasteiger partial charge is 0.481 e. The average molecular weight is 310 g/mol. The number of thiophene rings is 1. The predicted octanol–water partition coefficient (Wildman–Crippen LogP) is 2.47. The molecule has 20 heavy (non-hydrogen) atoms. The number of aromatic nitrogens is 2. The third-order valence-corrected chi connectivity index (χ3v) is 5.69. The number of H-pyrrole nitrogens is 1. The Morgan fingerprint density at radius 2 is 2.35 bits per heavy atom. The van der Waals surface area contributed by atoms with E-state index in [0.29, 0.717) is 16.3 Å². The summed E-state index contributed by atoms with van der Waals surface area (Å²) < 4.78 is 0.656. The van der Waals surface area contributed by atoms with E-state index in [9.17, 15) is 9.59 Å². The lowest BCUT2D eigenvalue weighted by atomic mass is 10.1. The molecule has 7 heteroatoms. The summed E-state index contributed by atoms with van der Waals surface area (Å²) in [6.07, 6.45) is 2.22. The van der Waals surface area contributed by atoms with Crippen molar-refractivity contribution in [1.82, 2.24) is 9.97 Å². The van der Waals surface area contributed by atoms with Crippen molar-refractivity contribution in [1.29, 1.82) is 0 Å². The molecule has 0 radical (unpaired) electrons. The Kier molecular flexibility index (Phi) is 3.55. The number of rotatable bonds is 6. The van der Waals surface area contributed by atoms with Gasteiger partial charge in [-0.15, -0.1) is 11.3 Å². The first-order valence-electron chi connectivity index (χ1n) is 6.34. The molecule has 0 saturated heterocycles. The van der Waals surface area contributed by atoms with E-state index in [-0.39, 0.29) is 17.4 Å². The minimum Gasteiger partial charge on any atom is -0.481 e. The molecule has 1 aliphatic rings. The summed E-state index contributed by atoms with van der Waals surface area (Å²) in [7, 11) is 0. The first-order valence-corrected chi connectivity index (χ1v) is 8.37. The van der Waals surface area contributed by atoms with E-state index in [2.05, 4.69) is 9.97 Å². The standard InChI is InChI=1S/C13H14N2O3S2/c16-10(17)5-13(2-3-13)7-19-6-9-14-8-1-4-20-11(8)12(18)15-9/h1,4H,2-3,5-7H2,(H,16,17)(H,14,15,18). The van der Waals surface area contributed by atoms with Crippen molar-refractivity contribution in [2.45, 2.75) is 25.0 Å². The van der Waals surface area contributed by atoms with Gasteiger partial charge in [-0.1, -0.05) is 0 Å². The molecule has 2 heterocycles. The van der Waals surface area contributed by atoms with Gasteiger partial charge in [0.05, 0.1) is 17.7 Å². The number of aliphatic carboxylic acids is 1. The molecule has 0 aliphatic heterocycles. The maximum absolute atomic E-state index is 11.8. The topological polar surface area (TPSA) is 83.0 Å². The third-order valence-electron chi connectivity index (χ3n) is 3.49. The Balaban J connectivity index is 1.63.